The predicted molar refractivity (Wildman–Crippen MR) is 215 cm³/mol. The molecule has 0 unspecified atom stereocenters. The summed E-state index contributed by atoms with van der Waals surface area (Å²) < 4.78 is 0. The van der Waals surface area contributed by atoms with Crippen LogP contribution in [0, 0.1) is 11.3 Å². The monoisotopic (exact) mass is 658 g/mol. The number of hydrogen-bond acceptors (Lipinski definition) is 2. The van der Waals surface area contributed by atoms with Crippen LogP contribution < -0.4 is 4.90 Å². The molecule has 0 aliphatic heterocycles. The van der Waals surface area contributed by atoms with Crippen molar-refractivity contribution < 1.29 is 0 Å². The van der Waals surface area contributed by atoms with Crippen molar-refractivity contribution in [1.82, 2.24) is 0 Å². The molecule has 9 aromatic carbocycles. The van der Waals surface area contributed by atoms with Crippen molar-refractivity contribution in [2.24, 2.45) is 0 Å². The zero-order valence-electron chi connectivity index (χ0n) is 28.2. The molecule has 2 heteroatoms. The highest BCUT2D eigenvalue weighted by atomic mass is 15.1. The summed E-state index contributed by atoms with van der Waals surface area (Å²) in [7, 11) is 0. The number of fused-ring (bicyclic) bond motifs is 17. The fourth-order valence-corrected chi connectivity index (χ4v) is 9.48. The minimum atomic E-state index is -0.505. The molecule has 0 heterocycles. The standard InChI is InChI=1S/C50H30N2/c51-31-32-22-25-35(26-23-32)52(34-13-2-1-3-14-34)36-27-29-42-44(30-36)38-16-6-7-19-41(38)47-43-28-24-33-12-4-5-15-37(33)48(43)50(49(42)47)45-20-10-8-17-39(45)40-18-9-11-21-46(40)50/h1-30H. The number of anilines is 3. The second-order valence-electron chi connectivity index (χ2n) is 13.9. The number of nitrogens with zero attached hydrogens (tertiary/aromatic N) is 2. The van der Waals surface area contributed by atoms with Crippen LogP contribution >= 0.6 is 0 Å². The molecule has 52 heavy (non-hydrogen) atoms. The lowest BCUT2D eigenvalue weighted by Gasteiger charge is -2.33. The summed E-state index contributed by atoms with van der Waals surface area (Å²) in [6, 6.07) is 68.4. The smallest absolute Gasteiger partial charge is 0.0991 e. The molecule has 0 amide bonds. The summed E-state index contributed by atoms with van der Waals surface area (Å²) in [5, 5.41) is 17.1. The molecular weight excluding hydrogens is 629 g/mol. The summed E-state index contributed by atoms with van der Waals surface area (Å²) in [6.45, 7) is 0. The molecule has 2 aliphatic rings. The third-order valence-corrected chi connectivity index (χ3v) is 11.4. The van der Waals surface area contributed by atoms with Gasteiger partial charge in [-0.15, -0.1) is 0 Å². The number of benzene rings is 9. The van der Waals surface area contributed by atoms with Crippen molar-refractivity contribution in [2.45, 2.75) is 5.41 Å². The lowest BCUT2D eigenvalue weighted by Crippen LogP contribution is -2.26. The average Bonchev–Trinajstić information content (AvgIpc) is 3.70. The first-order valence-corrected chi connectivity index (χ1v) is 17.8. The fraction of sp³-hybridized carbons (Fsp3) is 0.0200. The Kier molecular flexibility index (Phi) is 5.98. The first-order valence-electron chi connectivity index (χ1n) is 17.8. The van der Waals surface area contributed by atoms with Gasteiger partial charge in [-0.2, -0.15) is 5.26 Å². The highest BCUT2D eigenvalue weighted by Gasteiger charge is 2.53. The molecule has 11 rings (SSSR count). The van der Waals surface area contributed by atoms with Crippen molar-refractivity contribution in [3.05, 3.63) is 210 Å². The Balaban J connectivity index is 1.30. The van der Waals surface area contributed by atoms with Crippen molar-refractivity contribution in [2.75, 3.05) is 4.90 Å². The van der Waals surface area contributed by atoms with E-state index >= 15 is 0 Å². The predicted octanol–water partition coefficient (Wildman–Crippen LogP) is 12.8. The molecule has 0 bridgehead atoms. The molecule has 1 spiro atoms. The number of rotatable bonds is 3. The maximum Gasteiger partial charge on any atom is 0.0991 e. The Morgan fingerprint density at radius 3 is 1.73 bits per heavy atom. The fourth-order valence-electron chi connectivity index (χ4n) is 9.48. The van der Waals surface area contributed by atoms with Gasteiger partial charge >= 0.3 is 0 Å². The summed E-state index contributed by atoms with van der Waals surface area (Å²) >= 11 is 0. The van der Waals surface area contributed by atoms with Crippen LogP contribution in [0.1, 0.15) is 27.8 Å². The molecule has 2 nitrogen and oxygen atoms in total. The summed E-state index contributed by atoms with van der Waals surface area (Å²) in [5.41, 5.74) is 13.9. The van der Waals surface area contributed by atoms with Gasteiger partial charge in [-0.25, -0.2) is 0 Å². The highest BCUT2D eigenvalue weighted by molar-refractivity contribution is 6.22. The second kappa shape index (κ2) is 10.8. The minimum Gasteiger partial charge on any atom is -0.310 e. The molecule has 240 valence electrons. The van der Waals surface area contributed by atoms with Gasteiger partial charge in [0.25, 0.3) is 0 Å². The van der Waals surface area contributed by atoms with Crippen LogP contribution in [0.2, 0.25) is 0 Å². The lowest BCUT2D eigenvalue weighted by atomic mass is 9.68. The molecule has 2 aliphatic carbocycles. The largest absolute Gasteiger partial charge is 0.310 e. The molecule has 9 aromatic rings. The summed E-state index contributed by atoms with van der Waals surface area (Å²) in [5.74, 6) is 0. The number of para-hydroxylation sites is 1. The van der Waals surface area contributed by atoms with Crippen LogP contribution in [0.4, 0.5) is 17.1 Å². The minimum absolute atomic E-state index is 0.505. The summed E-state index contributed by atoms with van der Waals surface area (Å²) in [4.78, 5) is 2.29. The first-order chi connectivity index (χ1) is 25.8. The number of nitriles is 1. The summed E-state index contributed by atoms with van der Waals surface area (Å²) in [6.07, 6.45) is 0. The van der Waals surface area contributed by atoms with Crippen LogP contribution in [0.3, 0.4) is 0 Å². The van der Waals surface area contributed by atoms with Crippen LogP contribution in [0.5, 0.6) is 0 Å². The zero-order chi connectivity index (χ0) is 34.4. The average molecular weight is 659 g/mol. The lowest BCUT2D eigenvalue weighted by molar-refractivity contribution is 0.809. The Labute approximate surface area is 302 Å². The quantitative estimate of drug-likeness (QED) is 0.177. The Hall–Kier alpha value is -6.95. The first kappa shape index (κ1) is 28.8. The Morgan fingerprint density at radius 2 is 1.00 bits per heavy atom. The van der Waals surface area contributed by atoms with E-state index < -0.39 is 5.41 Å². The van der Waals surface area contributed by atoms with Gasteiger partial charge in [0.15, 0.2) is 0 Å². The third kappa shape index (κ3) is 3.72. The van der Waals surface area contributed by atoms with E-state index in [1.807, 2.05) is 24.3 Å². The van der Waals surface area contributed by atoms with Gasteiger partial charge in [-0.05, 0) is 125 Å². The van der Waals surface area contributed by atoms with E-state index in [1.165, 1.54) is 76.8 Å². The molecular formula is C50H30N2. The second-order valence-corrected chi connectivity index (χ2v) is 13.9. The van der Waals surface area contributed by atoms with Crippen molar-refractivity contribution in [1.29, 1.82) is 5.26 Å². The third-order valence-electron chi connectivity index (χ3n) is 11.4. The van der Waals surface area contributed by atoms with Gasteiger partial charge in [0.2, 0.25) is 0 Å². The van der Waals surface area contributed by atoms with Crippen molar-refractivity contribution >= 4 is 49.4 Å². The maximum absolute atomic E-state index is 9.57. The normalized spacial score (nSPS) is 13.1. The molecule has 0 radical (unpaired) electrons. The van der Waals surface area contributed by atoms with Crippen molar-refractivity contribution in [3.8, 4) is 28.3 Å². The molecule has 0 fully saturated rings. The topological polar surface area (TPSA) is 27.0 Å². The Morgan fingerprint density at radius 1 is 0.404 bits per heavy atom. The molecule has 0 atom stereocenters. The van der Waals surface area contributed by atoms with E-state index in [0.29, 0.717) is 5.56 Å². The van der Waals surface area contributed by atoms with Gasteiger partial charge in [0.05, 0.1) is 17.0 Å². The molecule has 0 aromatic heterocycles. The van der Waals surface area contributed by atoms with Gasteiger partial charge < -0.3 is 4.90 Å². The zero-order valence-corrected chi connectivity index (χ0v) is 28.2. The van der Waals surface area contributed by atoms with Crippen LogP contribution in [0.25, 0.3) is 54.6 Å². The number of hydrogen-bond donors (Lipinski definition) is 0. The maximum atomic E-state index is 9.57. The van der Waals surface area contributed by atoms with Gasteiger partial charge in [-0.3, -0.25) is 0 Å². The van der Waals surface area contributed by atoms with E-state index in [0.717, 1.165) is 17.1 Å². The van der Waals surface area contributed by atoms with Gasteiger partial charge in [0.1, 0.15) is 0 Å². The van der Waals surface area contributed by atoms with E-state index in [2.05, 4.69) is 169 Å². The van der Waals surface area contributed by atoms with Crippen LogP contribution in [0.15, 0.2) is 182 Å². The van der Waals surface area contributed by atoms with E-state index in [1.54, 1.807) is 0 Å². The van der Waals surface area contributed by atoms with Crippen LogP contribution in [-0.2, 0) is 5.41 Å². The molecule has 0 saturated carbocycles. The van der Waals surface area contributed by atoms with E-state index in [9.17, 15) is 5.26 Å². The van der Waals surface area contributed by atoms with E-state index in [4.69, 9.17) is 0 Å². The van der Waals surface area contributed by atoms with Gasteiger partial charge in [-0.1, -0.05) is 133 Å². The Bertz CT molecular complexity index is 2920. The van der Waals surface area contributed by atoms with E-state index in [-0.39, 0.29) is 0 Å². The van der Waals surface area contributed by atoms with Gasteiger partial charge in [0, 0.05) is 17.1 Å². The molecule has 0 saturated heterocycles. The molecule has 0 N–H and O–H groups in total. The van der Waals surface area contributed by atoms with Crippen LogP contribution in [-0.4, -0.2) is 0 Å². The SMILES string of the molecule is N#Cc1ccc(N(c2ccccc2)c2ccc3c4c(c5ccccc5c3c2)-c2ccc3ccccc3c2C42c3ccccc3-c3ccccc32)cc1. The highest BCUT2D eigenvalue weighted by Crippen LogP contribution is 2.66. The van der Waals surface area contributed by atoms with Crippen molar-refractivity contribution in [3.63, 3.8) is 0 Å².